The highest BCUT2D eigenvalue weighted by Crippen LogP contribution is 2.14. The van der Waals surface area contributed by atoms with Crippen molar-refractivity contribution in [3.8, 4) is 0 Å². The minimum Gasteiger partial charge on any atom is -0.481 e. The van der Waals surface area contributed by atoms with E-state index in [0.29, 0.717) is 0 Å². The Morgan fingerprint density at radius 3 is 2.90 bits per heavy atom. The molecule has 0 aromatic carbocycles. The molecule has 2 N–H and O–H groups in total. The number of aliphatic carboxylic acids is 1. The Kier molecular flexibility index (Phi) is 4.70. The fraction of sp³-hybridized carbons (Fsp3) is 0.364. The molecule has 2 aromatic rings. The first-order chi connectivity index (χ1) is 9.88. The first-order valence-corrected chi connectivity index (χ1v) is 8.37. The Morgan fingerprint density at radius 1 is 1.52 bits per heavy atom. The van der Waals surface area contributed by atoms with E-state index in [4.69, 9.17) is 5.11 Å². The average molecular weight is 330 g/mol. The van der Waals surface area contributed by atoms with Gasteiger partial charge in [0.2, 0.25) is 10.0 Å². The molecule has 8 nitrogen and oxygen atoms in total. The maximum absolute atomic E-state index is 12.1. The fourth-order valence-corrected chi connectivity index (χ4v) is 3.31. The average Bonchev–Trinajstić information content (AvgIpc) is 3.03. The first-order valence-electron chi connectivity index (χ1n) is 6.01. The van der Waals surface area contributed by atoms with Crippen molar-refractivity contribution in [3.63, 3.8) is 0 Å². The molecule has 0 bridgehead atoms. The SMILES string of the molecule is Cc1ncsc1CNS(=O)(=O)c1cnn(CCC(=O)O)c1. The normalized spacial score (nSPS) is 11.7. The molecular formula is C11H14N4O4S2. The Hall–Kier alpha value is -1.78. The van der Waals surface area contributed by atoms with Gasteiger partial charge in [-0.2, -0.15) is 5.10 Å². The van der Waals surface area contributed by atoms with Crippen LogP contribution in [0.4, 0.5) is 0 Å². The lowest BCUT2D eigenvalue weighted by Crippen LogP contribution is -2.22. The van der Waals surface area contributed by atoms with Crippen LogP contribution in [-0.4, -0.2) is 34.3 Å². The van der Waals surface area contributed by atoms with Gasteiger partial charge in [0.15, 0.2) is 0 Å². The second-order valence-corrected chi connectivity index (χ2v) is 6.97. The van der Waals surface area contributed by atoms with Gasteiger partial charge in [-0.15, -0.1) is 11.3 Å². The molecule has 0 aliphatic carbocycles. The summed E-state index contributed by atoms with van der Waals surface area (Å²) in [5, 5.41) is 12.4. The van der Waals surface area contributed by atoms with Crippen molar-refractivity contribution in [2.75, 3.05) is 0 Å². The molecule has 0 unspecified atom stereocenters. The van der Waals surface area contributed by atoms with Crippen LogP contribution >= 0.6 is 11.3 Å². The first kappa shape index (κ1) is 15.6. The van der Waals surface area contributed by atoms with Gasteiger partial charge in [-0.3, -0.25) is 9.48 Å². The third kappa shape index (κ3) is 4.09. The molecule has 0 aliphatic heterocycles. The number of carbonyl (C=O) groups is 1. The minimum absolute atomic E-state index is 0.00931. The standard InChI is InChI=1S/C11H14N4O4S2/c1-8-10(20-7-12-8)5-14-21(18,19)9-4-13-15(6-9)3-2-11(16)17/h4,6-7,14H,2-3,5H2,1H3,(H,16,17). The Bertz CT molecular complexity index is 735. The van der Waals surface area contributed by atoms with E-state index in [-0.39, 0.29) is 24.4 Å². The van der Waals surface area contributed by atoms with Crippen LogP contribution in [0.3, 0.4) is 0 Å². The molecule has 0 fully saturated rings. The molecule has 114 valence electrons. The second-order valence-electron chi connectivity index (χ2n) is 4.27. The summed E-state index contributed by atoms with van der Waals surface area (Å²) in [6.07, 6.45) is 2.39. The quantitative estimate of drug-likeness (QED) is 0.768. The summed E-state index contributed by atoms with van der Waals surface area (Å²) >= 11 is 1.38. The molecule has 0 atom stereocenters. The van der Waals surface area contributed by atoms with Gasteiger partial charge in [0, 0.05) is 17.6 Å². The highest BCUT2D eigenvalue weighted by molar-refractivity contribution is 7.89. The predicted octanol–water partition coefficient (Wildman–Crippen LogP) is 0.601. The summed E-state index contributed by atoms with van der Waals surface area (Å²) in [4.78, 5) is 15.4. The molecule has 2 rings (SSSR count). The fourth-order valence-electron chi connectivity index (χ4n) is 1.56. The van der Waals surface area contributed by atoms with Crippen LogP contribution in [0.15, 0.2) is 22.8 Å². The van der Waals surface area contributed by atoms with E-state index in [1.165, 1.54) is 28.4 Å². The summed E-state index contributed by atoms with van der Waals surface area (Å²) in [5.74, 6) is -0.964. The number of nitrogens with zero attached hydrogens (tertiary/aromatic N) is 3. The van der Waals surface area contributed by atoms with Crippen LogP contribution in [0.5, 0.6) is 0 Å². The molecule has 10 heteroatoms. The zero-order valence-corrected chi connectivity index (χ0v) is 12.8. The van der Waals surface area contributed by atoms with E-state index in [1.54, 1.807) is 5.51 Å². The van der Waals surface area contributed by atoms with Gasteiger partial charge in [0.25, 0.3) is 0 Å². The molecule has 0 amide bonds. The van der Waals surface area contributed by atoms with E-state index >= 15 is 0 Å². The largest absolute Gasteiger partial charge is 0.481 e. The van der Waals surface area contributed by atoms with Crippen LogP contribution in [-0.2, 0) is 27.9 Å². The van der Waals surface area contributed by atoms with Crippen molar-refractivity contribution in [2.45, 2.75) is 31.3 Å². The molecule has 2 heterocycles. The zero-order valence-electron chi connectivity index (χ0n) is 11.2. The minimum atomic E-state index is -3.67. The van der Waals surface area contributed by atoms with Gasteiger partial charge < -0.3 is 5.11 Å². The molecule has 0 radical (unpaired) electrons. The summed E-state index contributed by atoms with van der Waals surface area (Å²) < 4.78 is 27.9. The summed E-state index contributed by atoms with van der Waals surface area (Å²) in [6.45, 7) is 2.10. The molecule has 2 aromatic heterocycles. The van der Waals surface area contributed by atoms with Crippen LogP contribution in [0.25, 0.3) is 0 Å². The summed E-state index contributed by atoms with van der Waals surface area (Å²) in [7, 11) is -3.67. The van der Waals surface area contributed by atoms with Crippen molar-refractivity contribution in [1.29, 1.82) is 0 Å². The molecule has 0 spiro atoms. The van der Waals surface area contributed by atoms with Crippen molar-refractivity contribution in [1.82, 2.24) is 19.5 Å². The van der Waals surface area contributed by atoms with E-state index in [9.17, 15) is 13.2 Å². The zero-order chi connectivity index (χ0) is 15.5. The molecule has 0 saturated carbocycles. The summed E-state index contributed by atoms with van der Waals surface area (Å²) in [5.41, 5.74) is 2.45. The van der Waals surface area contributed by atoms with Crippen LogP contribution in [0, 0.1) is 6.92 Å². The summed E-state index contributed by atoms with van der Waals surface area (Å²) in [6, 6.07) is 0. The maximum atomic E-state index is 12.1. The number of aryl methyl sites for hydroxylation is 2. The van der Waals surface area contributed by atoms with Gasteiger partial charge in [-0.1, -0.05) is 0 Å². The Labute approximate surface area is 125 Å². The van der Waals surface area contributed by atoms with Crippen LogP contribution in [0.1, 0.15) is 17.0 Å². The number of carboxylic acid groups (broad SMARTS) is 1. The van der Waals surface area contributed by atoms with Crippen molar-refractivity contribution in [2.24, 2.45) is 0 Å². The lowest BCUT2D eigenvalue weighted by molar-refractivity contribution is -0.137. The number of nitrogens with one attached hydrogen (secondary N) is 1. The van der Waals surface area contributed by atoms with E-state index in [0.717, 1.165) is 10.6 Å². The monoisotopic (exact) mass is 330 g/mol. The van der Waals surface area contributed by atoms with Gasteiger partial charge in [-0.05, 0) is 6.92 Å². The van der Waals surface area contributed by atoms with Gasteiger partial charge in [0.1, 0.15) is 4.90 Å². The maximum Gasteiger partial charge on any atom is 0.305 e. The van der Waals surface area contributed by atoms with Crippen molar-refractivity contribution in [3.05, 3.63) is 28.5 Å². The smallest absolute Gasteiger partial charge is 0.305 e. The van der Waals surface area contributed by atoms with Gasteiger partial charge >= 0.3 is 5.97 Å². The molecule has 0 saturated heterocycles. The van der Waals surface area contributed by atoms with Crippen LogP contribution in [0.2, 0.25) is 0 Å². The number of hydrogen-bond donors (Lipinski definition) is 2. The van der Waals surface area contributed by atoms with Gasteiger partial charge in [-0.25, -0.2) is 18.1 Å². The number of aromatic nitrogens is 3. The number of sulfonamides is 1. The van der Waals surface area contributed by atoms with Crippen LogP contribution < -0.4 is 4.72 Å². The molecule has 21 heavy (non-hydrogen) atoms. The second kappa shape index (κ2) is 6.33. The third-order valence-corrected chi connectivity index (χ3v) is 5.03. The predicted molar refractivity (Wildman–Crippen MR) is 75.4 cm³/mol. The Morgan fingerprint density at radius 2 is 2.29 bits per heavy atom. The number of thiazole rings is 1. The number of hydrogen-bond acceptors (Lipinski definition) is 6. The van der Waals surface area contributed by atoms with E-state index in [2.05, 4.69) is 14.8 Å². The molecular weight excluding hydrogens is 316 g/mol. The van der Waals surface area contributed by atoms with E-state index < -0.39 is 16.0 Å². The van der Waals surface area contributed by atoms with Crippen molar-refractivity contribution >= 4 is 27.3 Å². The third-order valence-electron chi connectivity index (χ3n) is 2.74. The highest BCUT2D eigenvalue weighted by atomic mass is 32.2. The van der Waals surface area contributed by atoms with Crippen molar-refractivity contribution < 1.29 is 18.3 Å². The molecule has 0 aliphatic rings. The lowest BCUT2D eigenvalue weighted by atomic mass is 10.4. The topological polar surface area (TPSA) is 114 Å². The number of carboxylic acids is 1. The van der Waals surface area contributed by atoms with E-state index in [1.807, 2.05) is 6.92 Å². The number of rotatable bonds is 7. The highest BCUT2D eigenvalue weighted by Gasteiger charge is 2.17. The lowest BCUT2D eigenvalue weighted by Gasteiger charge is -2.03. The Balaban J connectivity index is 2.02. The van der Waals surface area contributed by atoms with Gasteiger partial charge in [0.05, 0.1) is 30.4 Å².